The third-order valence-corrected chi connectivity index (χ3v) is 5.17. The maximum absolute atomic E-state index is 12.7. The Morgan fingerprint density at radius 2 is 2.13 bits per heavy atom. The Bertz CT molecular complexity index is 520. The SMILES string of the molecule is Cc1ccc(OCCNC(=O)[C@@]23CCCC[C@H]2CNC3)cc1.Cl. The Hall–Kier alpha value is -1.26. The topological polar surface area (TPSA) is 50.4 Å². The highest BCUT2D eigenvalue weighted by atomic mass is 35.5. The Morgan fingerprint density at radius 3 is 2.91 bits per heavy atom. The summed E-state index contributed by atoms with van der Waals surface area (Å²) in [5, 5.41) is 6.51. The molecular weight excluding hydrogens is 312 g/mol. The first-order valence-corrected chi connectivity index (χ1v) is 8.39. The van der Waals surface area contributed by atoms with Crippen molar-refractivity contribution < 1.29 is 9.53 Å². The van der Waals surface area contributed by atoms with Gasteiger partial charge in [0, 0.05) is 6.54 Å². The first kappa shape index (κ1) is 18.1. The number of nitrogens with one attached hydrogen (secondary N) is 2. The average molecular weight is 339 g/mol. The van der Waals surface area contributed by atoms with E-state index < -0.39 is 0 Å². The van der Waals surface area contributed by atoms with Gasteiger partial charge in [-0.1, -0.05) is 30.5 Å². The number of aryl methyl sites for hydroxylation is 1. The van der Waals surface area contributed by atoms with Gasteiger partial charge < -0.3 is 15.4 Å². The van der Waals surface area contributed by atoms with Crippen LogP contribution in [0.1, 0.15) is 31.2 Å². The zero-order valence-electron chi connectivity index (χ0n) is 13.8. The van der Waals surface area contributed by atoms with Crippen molar-refractivity contribution in [3.8, 4) is 5.75 Å². The van der Waals surface area contributed by atoms with Crippen molar-refractivity contribution in [2.45, 2.75) is 32.6 Å². The fourth-order valence-electron chi connectivity index (χ4n) is 3.83. The highest BCUT2D eigenvalue weighted by Crippen LogP contribution is 2.43. The number of rotatable bonds is 5. The van der Waals surface area contributed by atoms with Gasteiger partial charge in [-0.25, -0.2) is 0 Å². The second-order valence-electron chi connectivity index (χ2n) is 6.65. The first-order chi connectivity index (χ1) is 10.7. The van der Waals surface area contributed by atoms with Crippen LogP contribution in [-0.4, -0.2) is 32.1 Å². The maximum atomic E-state index is 12.7. The fraction of sp³-hybridized carbons (Fsp3) is 0.611. The number of amides is 1. The molecule has 1 heterocycles. The number of benzene rings is 1. The van der Waals surface area contributed by atoms with Gasteiger partial charge in [-0.3, -0.25) is 4.79 Å². The smallest absolute Gasteiger partial charge is 0.227 e. The average Bonchev–Trinajstić information content (AvgIpc) is 2.98. The second-order valence-corrected chi connectivity index (χ2v) is 6.65. The summed E-state index contributed by atoms with van der Waals surface area (Å²) in [5.74, 6) is 1.59. The van der Waals surface area contributed by atoms with Gasteiger partial charge >= 0.3 is 0 Å². The zero-order chi connectivity index (χ0) is 15.4. The van der Waals surface area contributed by atoms with Crippen LogP contribution in [0.25, 0.3) is 0 Å². The van der Waals surface area contributed by atoms with Crippen molar-refractivity contribution in [3.05, 3.63) is 29.8 Å². The van der Waals surface area contributed by atoms with Crippen LogP contribution in [0.5, 0.6) is 5.75 Å². The fourth-order valence-corrected chi connectivity index (χ4v) is 3.83. The van der Waals surface area contributed by atoms with Crippen molar-refractivity contribution in [2.75, 3.05) is 26.2 Å². The van der Waals surface area contributed by atoms with Crippen LogP contribution in [0.4, 0.5) is 0 Å². The summed E-state index contributed by atoms with van der Waals surface area (Å²) in [6.07, 6.45) is 4.64. The van der Waals surface area contributed by atoms with Crippen molar-refractivity contribution in [2.24, 2.45) is 11.3 Å². The largest absolute Gasteiger partial charge is 0.492 e. The second kappa shape index (κ2) is 8.02. The minimum Gasteiger partial charge on any atom is -0.492 e. The summed E-state index contributed by atoms with van der Waals surface area (Å²) in [6, 6.07) is 8.00. The maximum Gasteiger partial charge on any atom is 0.227 e. The molecule has 1 aromatic rings. The number of carbonyl (C=O) groups excluding carboxylic acids is 1. The molecule has 2 N–H and O–H groups in total. The van der Waals surface area contributed by atoms with E-state index in [0.717, 1.165) is 25.3 Å². The minimum absolute atomic E-state index is 0. The van der Waals surface area contributed by atoms with E-state index in [-0.39, 0.29) is 23.7 Å². The Kier molecular flexibility index (Phi) is 6.31. The molecule has 0 bridgehead atoms. The van der Waals surface area contributed by atoms with Crippen LogP contribution in [0.3, 0.4) is 0 Å². The zero-order valence-corrected chi connectivity index (χ0v) is 14.6. The number of carbonyl (C=O) groups is 1. The summed E-state index contributed by atoms with van der Waals surface area (Å²) in [5.41, 5.74) is 1.05. The minimum atomic E-state index is -0.165. The van der Waals surface area contributed by atoms with E-state index in [4.69, 9.17) is 4.74 Å². The Morgan fingerprint density at radius 1 is 1.35 bits per heavy atom. The first-order valence-electron chi connectivity index (χ1n) is 8.39. The molecule has 3 rings (SSSR count). The van der Waals surface area contributed by atoms with Crippen molar-refractivity contribution >= 4 is 18.3 Å². The van der Waals surface area contributed by atoms with Gasteiger partial charge in [-0.15, -0.1) is 12.4 Å². The van der Waals surface area contributed by atoms with E-state index in [1.807, 2.05) is 24.3 Å². The highest BCUT2D eigenvalue weighted by Gasteiger charge is 2.49. The lowest BCUT2D eigenvalue weighted by Crippen LogP contribution is -2.48. The molecule has 1 saturated heterocycles. The van der Waals surface area contributed by atoms with E-state index in [9.17, 15) is 4.79 Å². The predicted octanol–water partition coefficient (Wildman–Crippen LogP) is 2.69. The molecule has 1 aliphatic heterocycles. The molecule has 2 fully saturated rings. The van der Waals surface area contributed by atoms with Gasteiger partial charge in [0.2, 0.25) is 5.91 Å². The number of hydrogen-bond donors (Lipinski definition) is 2. The van der Waals surface area contributed by atoms with E-state index in [2.05, 4.69) is 17.6 Å². The summed E-state index contributed by atoms with van der Waals surface area (Å²) >= 11 is 0. The molecule has 2 atom stereocenters. The standard InChI is InChI=1S/C18H26N2O2.ClH/c1-14-5-7-16(8-6-14)22-11-10-20-17(21)18-9-3-2-4-15(18)12-19-13-18;/h5-8,15,19H,2-4,9-13H2,1H3,(H,20,21);1H/t15-,18+;/m0./s1. The molecule has 1 amide bonds. The van der Waals surface area contributed by atoms with Gasteiger partial charge in [0.1, 0.15) is 12.4 Å². The van der Waals surface area contributed by atoms with E-state index >= 15 is 0 Å². The molecule has 4 nitrogen and oxygen atoms in total. The van der Waals surface area contributed by atoms with Crippen LogP contribution in [0, 0.1) is 18.3 Å². The molecule has 0 unspecified atom stereocenters. The van der Waals surface area contributed by atoms with Crippen LogP contribution in [-0.2, 0) is 4.79 Å². The molecule has 128 valence electrons. The third kappa shape index (κ3) is 3.99. The molecule has 0 radical (unpaired) electrons. The lowest BCUT2D eigenvalue weighted by molar-refractivity contribution is -0.134. The van der Waals surface area contributed by atoms with Crippen molar-refractivity contribution in [1.29, 1.82) is 0 Å². The summed E-state index contributed by atoms with van der Waals surface area (Å²) < 4.78 is 5.68. The lowest BCUT2D eigenvalue weighted by atomic mass is 9.67. The Balaban J connectivity index is 0.00000192. The summed E-state index contributed by atoms with van der Waals surface area (Å²) in [7, 11) is 0. The van der Waals surface area contributed by atoms with E-state index in [0.29, 0.717) is 19.1 Å². The summed E-state index contributed by atoms with van der Waals surface area (Å²) in [6.45, 7) is 4.97. The molecule has 1 aromatic carbocycles. The van der Waals surface area contributed by atoms with Gasteiger partial charge in [-0.2, -0.15) is 0 Å². The number of ether oxygens (including phenoxy) is 1. The van der Waals surface area contributed by atoms with Gasteiger partial charge in [0.25, 0.3) is 0 Å². The molecule has 1 aliphatic carbocycles. The molecular formula is C18H27ClN2O2. The quantitative estimate of drug-likeness (QED) is 0.812. The van der Waals surface area contributed by atoms with Gasteiger partial charge in [-0.05, 0) is 44.4 Å². The molecule has 0 aromatic heterocycles. The van der Waals surface area contributed by atoms with E-state index in [1.54, 1.807) is 0 Å². The van der Waals surface area contributed by atoms with E-state index in [1.165, 1.54) is 24.8 Å². The predicted molar refractivity (Wildman–Crippen MR) is 94.2 cm³/mol. The number of fused-ring (bicyclic) bond motifs is 1. The van der Waals surface area contributed by atoms with Crippen LogP contribution >= 0.6 is 12.4 Å². The normalized spacial score (nSPS) is 26.0. The number of hydrogen-bond acceptors (Lipinski definition) is 3. The van der Waals surface area contributed by atoms with Gasteiger partial charge in [0.05, 0.1) is 12.0 Å². The van der Waals surface area contributed by atoms with Crippen LogP contribution in [0.2, 0.25) is 0 Å². The molecule has 23 heavy (non-hydrogen) atoms. The molecule has 0 spiro atoms. The third-order valence-electron chi connectivity index (χ3n) is 5.17. The van der Waals surface area contributed by atoms with Crippen molar-refractivity contribution in [3.63, 3.8) is 0 Å². The van der Waals surface area contributed by atoms with Crippen molar-refractivity contribution in [1.82, 2.24) is 10.6 Å². The summed E-state index contributed by atoms with van der Waals surface area (Å²) in [4.78, 5) is 12.7. The van der Waals surface area contributed by atoms with Gasteiger partial charge in [0.15, 0.2) is 0 Å². The lowest BCUT2D eigenvalue weighted by Gasteiger charge is -2.37. The molecule has 2 aliphatic rings. The Labute approximate surface area is 144 Å². The molecule has 1 saturated carbocycles. The van der Waals surface area contributed by atoms with Crippen LogP contribution < -0.4 is 15.4 Å². The van der Waals surface area contributed by atoms with Crippen LogP contribution in [0.15, 0.2) is 24.3 Å². The monoisotopic (exact) mass is 338 g/mol. The number of halogens is 1. The highest BCUT2D eigenvalue weighted by molar-refractivity contribution is 5.85. The molecule has 5 heteroatoms.